The zero-order chi connectivity index (χ0) is 13.1. The van der Waals surface area contributed by atoms with Gasteiger partial charge in [0.25, 0.3) is 5.91 Å². The van der Waals surface area contributed by atoms with Gasteiger partial charge < -0.3 is 25.2 Å². The third-order valence-electron chi connectivity index (χ3n) is 2.47. The fourth-order valence-corrected chi connectivity index (χ4v) is 1.58. The molecule has 2 amide bonds. The zero-order valence-electron chi connectivity index (χ0n) is 9.60. The van der Waals surface area contributed by atoms with E-state index >= 15 is 0 Å². The minimum absolute atomic E-state index is 0.0711. The molecule has 3 N–H and O–H groups in total. The van der Waals surface area contributed by atoms with Gasteiger partial charge in [0.05, 0.1) is 12.8 Å². The Kier molecular flexibility index (Phi) is 3.22. The number of amides is 2. The summed E-state index contributed by atoms with van der Waals surface area (Å²) >= 11 is 0. The summed E-state index contributed by atoms with van der Waals surface area (Å²) in [4.78, 5) is 22.3. The Bertz CT molecular complexity index is 488. The van der Waals surface area contributed by atoms with Crippen LogP contribution < -0.4 is 20.1 Å². The molecule has 0 aromatic heterocycles. The summed E-state index contributed by atoms with van der Waals surface area (Å²) in [5.41, 5.74) is 0.482. The molecular weight excluding hydrogens is 240 g/mol. The molecule has 1 aromatic rings. The summed E-state index contributed by atoms with van der Waals surface area (Å²) in [6.45, 7) is -0.0711. The van der Waals surface area contributed by atoms with E-state index in [1.807, 2.05) is 0 Å². The van der Waals surface area contributed by atoms with Gasteiger partial charge in [0.2, 0.25) is 0 Å². The van der Waals surface area contributed by atoms with E-state index in [9.17, 15) is 9.59 Å². The molecule has 1 aliphatic heterocycles. The number of carboxylic acid groups (broad SMARTS) is 1. The van der Waals surface area contributed by atoms with Crippen molar-refractivity contribution in [3.05, 3.63) is 18.2 Å². The Hall–Kier alpha value is -2.44. The van der Waals surface area contributed by atoms with Crippen LogP contribution in [0, 0.1) is 0 Å². The van der Waals surface area contributed by atoms with Gasteiger partial charge >= 0.3 is 6.09 Å². The average Bonchev–Trinajstić information content (AvgIpc) is 2.48. The number of fused-ring (bicyclic) bond motifs is 1. The van der Waals surface area contributed by atoms with Crippen molar-refractivity contribution < 1.29 is 24.2 Å². The monoisotopic (exact) mass is 252 g/mol. The number of anilines is 1. The van der Waals surface area contributed by atoms with Gasteiger partial charge in [-0.05, 0) is 12.1 Å². The van der Waals surface area contributed by atoms with Gasteiger partial charge in [0.15, 0.2) is 0 Å². The molecule has 1 unspecified atom stereocenters. The average molecular weight is 252 g/mol. The molecule has 7 nitrogen and oxygen atoms in total. The summed E-state index contributed by atoms with van der Waals surface area (Å²) in [7, 11) is 1.52. The molecule has 0 aliphatic carbocycles. The SMILES string of the molecule is COc1ccc2c(c1)OCC(NC(=O)O)C(=O)N2. The Morgan fingerprint density at radius 3 is 3.06 bits per heavy atom. The third kappa shape index (κ3) is 2.45. The van der Waals surface area contributed by atoms with Crippen LogP contribution in [0.2, 0.25) is 0 Å². The Balaban J connectivity index is 2.21. The molecule has 0 saturated heterocycles. The molecule has 1 aromatic carbocycles. The number of ether oxygens (including phenoxy) is 2. The molecule has 7 heteroatoms. The molecule has 1 atom stereocenters. The molecule has 0 bridgehead atoms. The Labute approximate surface area is 103 Å². The van der Waals surface area contributed by atoms with Gasteiger partial charge in [-0.2, -0.15) is 0 Å². The smallest absolute Gasteiger partial charge is 0.405 e. The van der Waals surface area contributed by atoms with Gasteiger partial charge in [-0.15, -0.1) is 0 Å². The topological polar surface area (TPSA) is 96.9 Å². The predicted octanol–water partition coefficient (Wildman–Crippen LogP) is 0.662. The molecule has 1 heterocycles. The van der Waals surface area contributed by atoms with E-state index < -0.39 is 18.0 Å². The van der Waals surface area contributed by atoms with Crippen molar-refractivity contribution in [2.75, 3.05) is 19.0 Å². The van der Waals surface area contributed by atoms with E-state index in [4.69, 9.17) is 14.6 Å². The molecule has 0 radical (unpaired) electrons. The fraction of sp³-hybridized carbons (Fsp3) is 0.273. The lowest BCUT2D eigenvalue weighted by Crippen LogP contribution is -2.45. The number of carbonyl (C=O) groups excluding carboxylic acids is 1. The number of methoxy groups -OCH3 is 1. The van der Waals surface area contributed by atoms with Crippen LogP contribution in [0.25, 0.3) is 0 Å². The number of carbonyl (C=O) groups is 2. The van der Waals surface area contributed by atoms with E-state index in [0.717, 1.165) is 0 Å². The normalized spacial score (nSPS) is 17.8. The zero-order valence-corrected chi connectivity index (χ0v) is 9.60. The van der Waals surface area contributed by atoms with Crippen LogP contribution in [-0.2, 0) is 4.79 Å². The van der Waals surface area contributed by atoms with Crippen molar-refractivity contribution in [3.63, 3.8) is 0 Å². The van der Waals surface area contributed by atoms with Crippen molar-refractivity contribution in [2.45, 2.75) is 6.04 Å². The molecule has 2 rings (SSSR count). The maximum Gasteiger partial charge on any atom is 0.405 e. The van der Waals surface area contributed by atoms with E-state index in [2.05, 4.69) is 10.6 Å². The first-order valence-electron chi connectivity index (χ1n) is 5.21. The maximum atomic E-state index is 11.7. The summed E-state index contributed by atoms with van der Waals surface area (Å²) in [5.74, 6) is 0.575. The summed E-state index contributed by atoms with van der Waals surface area (Å²) < 4.78 is 10.4. The van der Waals surface area contributed by atoms with Crippen LogP contribution in [-0.4, -0.2) is 36.9 Å². The Morgan fingerprint density at radius 1 is 1.61 bits per heavy atom. The summed E-state index contributed by atoms with van der Waals surface area (Å²) in [6, 6.07) is 3.99. The molecular formula is C11H12N2O5. The molecule has 0 fully saturated rings. The van der Waals surface area contributed by atoms with Crippen LogP contribution in [0.15, 0.2) is 18.2 Å². The third-order valence-corrected chi connectivity index (χ3v) is 2.47. The largest absolute Gasteiger partial charge is 0.497 e. The highest BCUT2D eigenvalue weighted by atomic mass is 16.5. The second kappa shape index (κ2) is 4.82. The maximum absolute atomic E-state index is 11.7. The number of benzene rings is 1. The van der Waals surface area contributed by atoms with E-state index in [1.165, 1.54) is 7.11 Å². The van der Waals surface area contributed by atoms with Crippen molar-refractivity contribution in [2.24, 2.45) is 0 Å². The highest BCUT2D eigenvalue weighted by molar-refractivity contribution is 5.98. The van der Waals surface area contributed by atoms with E-state index in [-0.39, 0.29) is 6.61 Å². The Morgan fingerprint density at radius 2 is 2.39 bits per heavy atom. The summed E-state index contributed by atoms with van der Waals surface area (Å²) in [6.07, 6.45) is -1.28. The number of rotatable bonds is 2. The molecule has 0 saturated carbocycles. The van der Waals surface area contributed by atoms with Crippen LogP contribution >= 0.6 is 0 Å². The molecule has 96 valence electrons. The molecule has 0 spiro atoms. The van der Waals surface area contributed by atoms with Crippen LogP contribution in [0.3, 0.4) is 0 Å². The van der Waals surface area contributed by atoms with Gasteiger partial charge in [-0.1, -0.05) is 0 Å². The minimum atomic E-state index is -1.28. The second-order valence-electron chi connectivity index (χ2n) is 3.66. The quantitative estimate of drug-likeness (QED) is 0.718. The van der Waals surface area contributed by atoms with Crippen LogP contribution in [0.1, 0.15) is 0 Å². The van der Waals surface area contributed by atoms with Gasteiger partial charge in [-0.25, -0.2) is 4.79 Å². The first-order chi connectivity index (χ1) is 8.60. The summed E-state index contributed by atoms with van der Waals surface area (Å²) in [5, 5.41) is 13.3. The number of hydrogen-bond acceptors (Lipinski definition) is 4. The standard InChI is InChI=1S/C11H12N2O5/c1-17-6-2-3-7-9(4-6)18-5-8(10(14)12-7)13-11(15)16/h2-4,8,13H,5H2,1H3,(H,12,14)(H,15,16). The van der Waals surface area contributed by atoms with Crippen molar-refractivity contribution in [1.29, 1.82) is 0 Å². The lowest BCUT2D eigenvalue weighted by Gasteiger charge is -2.11. The highest BCUT2D eigenvalue weighted by Gasteiger charge is 2.26. The van der Waals surface area contributed by atoms with Gasteiger partial charge in [0, 0.05) is 6.07 Å². The first-order valence-corrected chi connectivity index (χ1v) is 5.21. The first kappa shape index (κ1) is 12.0. The van der Waals surface area contributed by atoms with Gasteiger partial charge in [-0.3, -0.25) is 4.79 Å². The molecule has 1 aliphatic rings. The van der Waals surface area contributed by atoms with Gasteiger partial charge in [0.1, 0.15) is 24.1 Å². The minimum Gasteiger partial charge on any atom is -0.497 e. The van der Waals surface area contributed by atoms with E-state index in [0.29, 0.717) is 17.2 Å². The van der Waals surface area contributed by atoms with Crippen molar-refractivity contribution in [3.8, 4) is 11.5 Å². The predicted molar refractivity (Wildman–Crippen MR) is 62.1 cm³/mol. The second-order valence-corrected chi connectivity index (χ2v) is 3.66. The van der Waals surface area contributed by atoms with E-state index in [1.54, 1.807) is 18.2 Å². The van der Waals surface area contributed by atoms with Crippen LogP contribution in [0.4, 0.5) is 10.5 Å². The number of nitrogens with one attached hydrogen (secondary N) is 2. The molecule has 18 heavy (non-hydrogen) atoms. The lowest BCUT2D eigenvalue weighted by molar-refractivity contribution is -0.118. The lowest BCUT2D eigenvalue weighted by atomic mass is 10.2. The van der Waals surface area contributed by atoms with Crippen LogP contribution in [0.5, 0.6) is 11.5 Å². The van der Waals surface area contributed by atoms with Crippen molar-refractivity contribution in [1.82, 2.24) is 5.32 Å². The highest BCUT2D eigenvalue weighted by Crippen LogP contribution is 2.31. The van der Waals surface area contributed by atoms with Crippen molar-refractivity contribution >= 4 is 17.7 Å². The fourth-order valence-electron chi connectivity index (χ4n) is 1.58. The number of hydrogen-bond donors (Lipinski definition) is 3.